The summed E-state index contributed by atoms with van der Waals surface area (Å²) in [5, 5.41) is 11.5. The molecule has 0 radical (unpaired) electrons. The predicted molar refractivity (Wildman–Crippen MR) is 103 cm³/mol. The number of nitrogens with zero attached hydrogens (tertiary/aromatic N) is 3. The molecule has 0 unspecified atom stereocenters. The Hall–Kier alpha value is -3.30. The first kappa shape index (κ1) is 21.4. The molecule has 2 aromatic rings. The lowest BCUT2D eigenvalue weighted by Gasteiger charge is -2.20. The van der Waals surface area contributed by atoms with E-state index in [4.69, 9.17) is 0 Å². The molecule has 10 heteroatoms. The number of carbonyl (C=O) groups excluding carboxylic acids is 1. The van der Waals surface area contributed by atoms with E-state index >= 15 is 0 Å². The third kappa shape index (κ3) is 5.19. The van der Waals surface area contributed by atoms with E-state index in [2.05, 4.69) is 4.74 Å². The number of hydrogen-bond donors (Lipinski definition) is 0. The van der Waals surface area contributed by atoms with Crippen molar-refractivity contribution in [2.24, 2.45) is 0 Å². The summed E-state index contributed by atoms with van der Waals surface area (Å²) in [5.74, 6) is -0.782. The number of halogens is 3. The third-order valence-corrected chi connectivity index (χ3v) is 4.79. The average molecular weight is 423 g/mol. The number of amides is 1. The van der Waals surface area contributed by atoms with Crippen LogP contribution in [-0.4, -0.2) is 42.2 Å². The van der Waals surface area contributed by atoms with Crippen LogP contribution >= 0.6 is 0 Å². The normalized spacial score (nSPS) is 13.9. The molecule has 0 spiro atoms. The van der Waals surface area contributed by atoms with Crippen LogP contribution in [0.2, 0.25) is 0 Å². The molecule has 1 heterocycles. The quantitative estimate of drug-likeness (QED) is 0.510. The first-order chi connectivity index (χ1) is 14.1. The second-order valence-electron chi connectivity index (χ2n) is 7.01. The van der Waals surface area contributed by atoms with Gasteiger partial charge in [0, 0.05) is 38.3 Å². The zero-order chi connectivity index (χ0) is 21.9. The average Bonchev–Trinajstić information content (AvgIpc) is 3.22. The van der Waals surface area contributed by atoms with Crippen LogP contribution in [0.1, 0.15) is 28.8 Å². The predicted octanol–water partition coefficient (Wildman–Crippen LogP) is 4.37. The fourth-order valence-corrected chi connectivity index (χ4v) is 3.39. The summed E-state index contributed by atoms with van der Waals surface area (Å²) in [6, 6.07) is 9.58. The lowest BCUT2D eigenvalue weighted by atomic mass is 10.1. The summed E-state index contributed by atoms with van der Waals surface area (Å²) in [6.07, 6.45) is -2.84. The molecule has 1 amide bonds. The van der Waals surface area contributed by atoms with Crippen molar-refractivity contribution in [3.8, 4) is 5.75 Å². The molecule has 160 valence electrons. The summed E-state index contributed by atoms with van der Waals surface area (Å²) in [6.45, 7) is 1.59. The molecule has 0 aliphatic carbocycles. The van der Waals surface area contributed by atoms with Crippen molar-refractivity contribution >= 4 is 17.3 Å². The molecule has 0 N–H and O–H groups in total. The van der Waals surface area contributed by atoms with Crippen LogP contribution in [0.4, 0.5) is 24.5 Å². The molecule has 1 aliphatic heterocycles. The van der Waals surface area contributed by atoms with E-state index in [-0.39, 0.29) is 23.5 Å². The van der Waals surface area contributed by atoms with Gasteiger partial charge in [0.2, 0.25) is 0 Å². The van der Waals surface area contributed by atoms with Crippen molar-refractivity contribution < 1.29 is 27.6 Å². The highest BCUT2D eigenvalue weighted by Crippen LogP contribution is 2.32. The highest BCUT2D eigenvalue weighted by molar-refractivity contribution is 5.95. The topological polar surface area (TPSA) is 75.9 Å². The zero-order valence-electron chi connectivity index (χ0n) is 16.2. The molecular formula is C20H20F3N3O4. The molecule has 7 nitrogen and oxygen atoms in total. The number of alkyl halides is 3. The van der Waals surface area contributed by atoms with Crippen molar-refractivity contribution in [3.05, 3.63) is 63.7 Å². The van der Waals surface area contributed by atoms with Crippen molar-refractivity contribution in [1.29, 1.82) is 0 Å². The molecule has 30 heavy (non-hydrogen) atoms. The highest BCUT2D eigenvalue weighted by Gasteiger charge is 2.31. The van der Waals surface area contributed by atoms with Crippen LogP contribution in [0, 0.1) is 10.1 Å². The molecule has 1 saturated heterocycles. The van der Waals surface area contributed by atoms with Crippen LogP contribution in [-0.2, 0) is 6.54 Å². The molecule has 3 rings (SSSR count). The minimum Gasteiger partial charge on any atom is -0.406 e. The Morgan fingerprint density at radius 1 is 1.17 bits per heavy atom. The first-order valence-corrected chi connectivity index (χ1v) is 9.27. The maximum Gasteiger partial charge on any atom is 0.573 e. The zero-order valence-corrected chi connectivity index (χ0v) is 16.2. The summed E-state index contributed by atoms with van der Waals surface area (Å²) >= 11 is 0. The Labute approximate surface area is 170 Å². The van der Waals surface area contributed by atoms with E-state index in [0.29, 0.717) is 11.3 Å². The number of nitro groups is 1. The van der Waals surface area contributed by atoms with E-state index in [9.17, 15) is 28.1 Å². The molecular weight excluding hydrogens is 403 g/mol. The summed E-state index contributed by atoms with van der Waals surface area (Å²) in [4.78, 5) is 27.0. The van der Waals surface area contributed by atoms with Gasteiger partial charge < -0.3 is 14.5 Å². The summed E-state index contributed by atoms with van der Waals surface area (Å²) < 4.78 is 40.5. The van der Waals surface area contributed by atoms with Crippen LogP contribution < -0.4 is 9.64 Å². The number of benzene rings is 2. The Kier molecular flexibility index (Phi) is 6.14. The molecule has 1 aliphatic rings. The molecule has 0 bridgehead atoms. The smallest absolute Gasteiger partial charge is 0.406 e. The number of ether oxygens (including phenoxy) is 1. The summed E-state index contributed by atoms with van der Waals surface area (Å²) in [7, 11) is 1.52. The van der Waals surface area contributed by atoms with Crippen LogP contribution in [0.25, 0.3) is 0 Å². The van der Waals surface area contributed by atoms with Gasteiger partial charge in [-0.15, -0.1) is 13.2 Å². The molecule has 0 saturated carbocycles. The summed E-state index contributed by atoms with van der Waals surface area (Å²) in [5.41, 5.74) is 1.13. The molecule has 0 atom stereocenters. The SMILES string of the molecule is CN(Cc1ccc(OC(F)(F)F)cc1)C(=O)c1ccc(N2CCCC2)c([N+](=O)[O-])c1. The molecule has 1 fully saturated rings. The largest absolute Gasteiger partial charge is 0.573 e. The van der Waals surface area contributed by atoms with Crippen LogP contribution in [0.5, 0.6) is 5.75 Å². The lowest BCUT2D eigenvalue weighted by Crippen LogP contribution is -2.26. The third-order valence-electron chi connectivity index (χ3n) is 4.79. The van der Waals surface area contributed by atoms with Crippen molar-refractivity contribution in [1.82, 2.24) is 4.90 Å². The monoisotopic (exact) mass is 423 g/mol. The number of rotatable bonds is 6. The fraction of sp³-hybridized carbons (Fsp3) is 0.350. The lowest BCUT2D eigenvalue weighted by molar-refractivity contribution is -0.384. The number of anilines is 1. The fourth-order valence-electron chi connectivity index (χ4n) is 3.39. The second-order valence-corrected chi connectivity index (χ2v) is 7.01. The minimum absolute atomic E-state index is 0.118. The van der Waals surface area contributed by atoms with Gasteiger partial charge in [-0.25, -0.2) is 0 Å². The first-order valence-electron chi connectivity index (χ1n) is 9.27. The Morgan fingerprint density at radius 3 is 2.37 bits per heavy atom. The molecule has 0 aromatic heterocycles. The molecule has 2 aromatic carbocycles. The Bertz CT molecular complexity index is 926. The van der Waals surface area contributed by atoms with E-state index in [1.54, 1.807) is 12.1 Å². The van der Waals surface area contributed by atoms with Gasteiger partial charge in [0.1, 0.15) is 11.4 Å². The van der Waals surface area contributed by atoms with Gasteiger partial charge in [-0.05, 0) is 42.7 Å². The maximum atomic E-state index is 12.7. The standard InChI is InChI=1S/C20H20F3N3O4/c1-24(13-14-4-7-16(8-5-14)30-20(21,22)23)19(27)15-6-9-17(18(12-15)26(28)29)25-10-2-3-11-25/h4-9,12H,2-3,10-11,13H2,1H3. The Morgan fingerprint density at radius 2 is 1.80 bits per heavy atom. The highest BCUT2D eigenvalue weighted by atomic mass is 19.4. The van der Waals surface area contributed by atoms with Crippen molar-refractivity contribution in [3.63, 3.8) is 0 Å². The van der Waals surface area contributed by atoms with E-state index in [1.165, 1.54) is 30.1 Å². The van der Waals surface area contributed by atoms with Gasteiger partial charge in [0.15, 0.2) is 0 Å². The number of hydrogen-bond acceptors (Lipinski definition) is 5. The second kappa shape index (κ2) is 8.60. The van der Waals surface area contributed by atoms with E-state index < -0.39 is 17.2 Å². The van der Waals surface area contributed by atoms with Gasteiger partial charge >= 0.3 is 6.36 Å². The van der Waals surface area contributed by atoms with Crippen molar-refractivity contribution in [2.75, 3.05) is 25.0 Å². The number of carbonyl (C=O) groups is 1. The van der Waals surface area contributed by atoms with Crippen molar-refractivity contribution in [2.45, 2.75) is 25.7 Å². The van der Waals surface area contributed by atoms with Gasteiger partial charge in [-0.2, -0.15) is 0 Å². The van der Waals surface area contributed by atoms with Crippen LogP contribution in [0.3, 0.4) is 0 Å². The van der Waals surface area contributed by atoms with Gasteiger partial charge in [0.05, 0.1) is 4.92 Å². The maximum absolute atomic E-state index is 12.7. The van der Waals surface area contributed by atoms with E-state index in [1.807, 2.05) is 4.90 Å². The van der Waals surface area contributed by atoms with Gasteiger partial charge in [0.25, 0.3) is 11.6 Å². The minimum atomic E-state index is -4.77. The Balaban J connectivity index is 1.72. The van der Waals surface area contributed by atoms with Crippen LogP contribution in [0.15, 0.2) is 42.5 Å². The van der Waals surface area contributed by atoms with E-state index in [0.717, 1.165) is 38.1 Å². The number of nitro benzene ring substituents is 1. The van der Waals surface area contributed by atoms with Gasteiger partial charge in [-0.3, -0.25) is 14.9 Å². The van der Waals surface area contributed by atoms with Gasteiger partial charge in [-0.1, -0.05) is 12.1 Å².